The number of nitrogens with zero attached hydrogens (tertiary/aromatic N) is 2. The van der Waals surface area contributed by atoms with Gasteiger partial charge in [-0.3, -0.25) is 9.69 Å². The fraction of sp³-hybridized carbons (Fsp3) is 0.185. The number of amides is 1. The predicted molar refractivity (Wildman–Crippen MR) is 138 cm³/mol. The molecule has 32 heavy (non-hydrogen) atoms. The highest BCUT2D eigenvalue weighted by Gasteiger charge is 2.10. The van der Waals surface area contributed by atoms with Gasteiger partial charge in [-0.1, -0.05) is 65.4 Å². The summed E-state index contributed by atoms with van der Waals surface area (Å²) in [5, 5.41) is 0.600. The van der Waals surface area contributed by atoms with Crippen molar-refractivity contribution in [2.24, 2.45) is 4.99 Å². The zero-order valence-corrected chi connectivity index (χ0v) is 20.1. The number of thioether (sulfide) groups is 1. The Kier molecular flexibility index (Phi) is 9.76. The second-order valence-corrected chi connectivity index (χ2v) is 8.49. The van der Waals surface area contributed by atoms with Crippen LogP contribution in [0.25, 0.3) is 17.4 Å². The van der Waals surface area contributed by atoms with E-state index in [9.17, 15) is 4.79 Å². The molecule has 1 amide bonds. The van der Waals surface area contributed by atoms with Gasteiger partial charge in [0, 0.05) is 12.6 Å². The lowest BCUT2D eigenvalue weighted by Crippen LogP contribution is -2.21. The monoisotopic (exact) mass is 446 g/mol. The first-order valence-corrected chi connectivity index (χ1v) is 11.1. The number of amidine groups is 1. The minimum atomic E-state index is 0.600. The van der Waals surface area contributed by atoms with Crippen molar-refractivity contribution in [3.05, 3.63) is 95.1 Å². The Labute approximate surface area is 195 Å². The maximum atomic E-state index is 11.3. The summed E-state index contributed by atoms with van der Waals surface area (Å²) < 4.78 is 5.97. The van der Waals surface area contributed by atoms with Crippen LogP contribution < -0.4 is 0 Å². The average Bonchev–Trinajstić information content (AvgIpc) is 3.23. The van der Waals surface area contributed by atoms with Gasteiger partial charge in [-0.25, -0.2) is 4.99 Å². The molecule has 0 unspecified atom stereocenters. The number of hydrogen-bond acceptors (Lipinski definition) is 4. The van der Waals surface area contributed by atoms with Crippen LogP contribution in [0, 0.1) is 13.8 Å². The van der Waals surface area contributed by atoms with Crippen molar-refractivity contribution in [2.75, 3.05) is 7.05 Å². The Hall–Kier alpha value is -3.31. The summed E-state index contributed by atoms with van der Waals surface area (Å²) >= 11 is 1.42. The van der Waals surface area contributed by atoms with E-state index in [-0.39, 0.29) is 0 Å². The van der Waals surface area contributed by atoms with Crippen LogP contribution in [-0.2, 0) is 4.79 Å². The molecule has 3 aromatic rings. The van der Waals surface area contributed by atoms with Gasteiger partial charge in [-0.05, 0) is 62.9 Å². The third-order valence-electron chi connectivity index (χ3n) is 4.28. The van der Waals surface area contributed by atoms with Crippen molar-refractivity contribution < 1.29 is 9.21 Å². The van der Waals surface area contributed by atoms with Crippen LogP contribution in [0.2, 0.25) is 0 Å². The standard InChI is InChI=1S/C24H24N2O2S.C3H6/c1-17-5-9-20(10-6-17)23-14-13-22(28-23)15-19(3)29-24(26(4)16-27)25-21-11-7-18(2)8-12-21;1-3-2/h5-16H,1-4H3;3H,1H2,2H3/b19-15-,25-24?;. The Morgan fingerprint density at radius 2 is 1.56 bits per heavy atom. The molecule has 2 aromatic carbocycles. The maximum Gasteiger partial charge on any atom is 0.215 e. The number of hydrogen-bond donors (Lipinski definition) is 0. The first kappa shape index (κ1) is 25.0. The largest absolute Gasteiger partial charge is 0.457 e. The van der Waals surface area contributed by atoms with Crippen molar-refractivity contribution >= 4 is 35.1 Å². The van der Waals surface area contributed by atoms with Crippen LogP contribution in [0.5, 0.6) is 0 Å². The Balaban J connectivity index is 0.00000114. The van der Waals surface area contributed by atoms with Crippen LogP contribution in [0.3, 0.4) is 0 Å². The van der Waals surface area contributed by atoms with E-state index in [4.69, 9.17) is 4.42 Å². The van der Waals surface area contributed by atoms with Crippen LogP contribution in [0.4, 0.5) is 5.69 Å². The van der Waals surface area contributed by atoms with Gasteiger partial charge in [-0.15, -0.1) is 6.58 Å². The van der Waals surface area contributed by atoms with E-state index in [0.29, 0.717) is 5.17 Å². The van der Waals surface area contributed by atoms with E-state index in [1.54, 1.807) is 13.1 Å². The molecule has 0 aliphatic carbocycles. The van der Waals surface area contributed by atoms with Gasteiger partial charge in [0.15, 0.2) is 5.17 Å². The number of benzene rings is 2. The summed E-state index contributed by atoms with van der Waals surface area (Å²) in [5.41, 5.74) is 4.23. The summed E-state index contributed by atoms with van der Waals surface area (Å²) in [6.07, 6.45) is 4.46. The number of carbonyl (C=O) groups excluding carboxylic acids is 1. The molecule has 0 spiro atoms. The lowest BCUT2D eigenvalue weighted by molar-refractivity contribution is -0.113. The van der Waals surface area contributed by atoms with Crippen molar-refractivity contribution in [2.45, 2.75) is 27.7 Å². The van der Waals surface area contributed by atoms with Gasteiger partial charge in [-0.2, -0.15) is 0 Å². The molecule has 0 aliphatic heterocycles. The number of rotatable bonds is 5. The third-order valence-corrected chi connectivity index (χ3v) is 5.28. The first-order chi connectivity index (χ1) is 15.4. The fourth-order valence-corrected chi connectivity index (χ4v) is 3.43. The number of allylic oxidation sites excluding steroid dienone is 2. The fourth-order valence-electron chi connectivity index (χ4n) is 2.63. The number of furan rings is 1. The van der Waals surface area contributed by atoms with Gasteiger partial charge in [0.1, 0.15) is 11.5 Å². The van der Waals surface area contributed by atoms with Crippen LogP contribution in [0.15, 0.2) is 87.6 Å². The van der Waals surface area contributed by atoms with E-state index in [2.05, 4.69) is 42.8 Å². The van der Waals surface area contributed by atoms with Crippen LogP contribution >= 0.6 is 11.8 Å². The molecule has 1 aromatic heterocycles. The SMILES string of the molecule is C/C(=C/c1ccc(-c2ccc(C)cc2)o1)SC(=Nc1ccc(C)cc1)N(C)C=O.C=CC. The molecule has 3 rings (SSSR count). The summed E-state index contributed by atoms with van der Waals surface area (Å²) in [5.74, 6) is 1.58. The highest BCUT2D eigenvalue weighted by Crippen LogP contribution is 2.27. The topological polar surface area (TPSA) is 45.8 Å². The smallest absolute Gasteiger partial charge is 0.215 e. The van der Waals surface area contributed by atoms with Crippen molar-refractivity contribution in [1.82, 2.24) is 4.90 Å². The Morgan fingerprint density at radius 1 is 1.00 bits per heavy atom. The predicted octanol–water partition coefficient (Wildman–Crippen LogP) is 7.63. The number of aliphatic imine (C=N–C) groups is 1. The lowest BCUT2D eigenvalue weighted by Gasteiger charge is -2.13. The second-order valence-electron chi connectivity index (χ2n) is 7.28. The number of aryl methyl sites for hydroxylation is 2. The van der Waals surface area contributed by atoms with E-state index in [1.807, 2.05) is 63.2 Å². The molecule has 0 atom stereocenters. The van der Waals surface area contributed by atoms with E-state index in [1.165, 1.54) is 27.8 Å². The Bertz CT molecular complexity index is 1080. The third kappa shape index (κ3) is 7.75. The van der Waals surface area contributed by atoms with Gasteiger partial charge in [0.05, 0.1) is 5.69 Å². The molecule has 0 bridgehead atoms. The highest BCUT2D eigenvalue weighted by molar-refractivity contribution is 8.17. The average molecular weight is 447 g/mol. The lowest BCUT2D eigenvalue weighted by atomic mass is 10.1. The normalized spacial score (nSPS) is 11.4. The van der Waals surface area contributed by atoms with E-state index < -0.39 is 0 Å². The van der Waals surface area contributed by atoms with E-state index >= 15 is 0 Å². The molecule has 0 aliphatic rings. The van der Waals surface area contributed by atoms with E-state index in [0.717, 1.165) is 34.1 Å². The molecule has 4 nitrogen and oxygen atoms in total. The second kappa shape index (κ2) is 12.5. The van der Waals surface area contributed by atoms with Crippen LogP contribution in [-0.4, -0.2) is 23.5 Å². The summed E-state index contributed by atoms with van der Waals surface area (Å²) in [6.45, 7) is 11.3. The summed E-state index contributed by atoms with van der Waals surface area (Å²) in [7, 11) is 1.70. The van der Waals surface area contributed by atoms with Gasteiger partial charge in [0.25, 0.3) is 0 Å². The van der Waals surface area contributed by atoms with Crippen molar-refractivity contribution in [3.8, 4) is 11.3 Å². The molecule has 0 fully saturated rings. The molecule has 0 radical (unpaired) electrons. The molecular formula is C27H30N2O2S. The van der Waals surface area contributed by atoms with Gasteiger partial charge >= 0.3 is 0 Å². The quantitative estimate of drug-likeness (QED) is 0.175. The molecule has 1 heterocycles. The number of carbonyl (C=O) groups is 1. The minimum absolute atomic E-state index is 0.600. The molecule has 166 valence electrons. The van der Waals surface area contributed by atoms with Gasteiger partial charge in [0.2, 0.25) is 6.41 Å². The first-order valence-electron chi connectivity index (χ1n) is 10.3. The zero-order chi connectivity index (χ0) is 23.5. The summed E-state index contributed by atoms with van der Waals surface area (Å²) in [6, 6.07) is 20.0. The zero-order valence-electron chi connectivity index (χ0n) is 19.3. The molecular weight excluding hydrogens is 416 g/mol. The van der Waals surface area contributed by atoms with Gasteiger partial charge < -0.3 is 4.42 Å². The Morgan fingerprint density at radius 3 is 2.12 bits per heavy atom. The molecule has 0 saturated carbocycles. The molecule has 0 saturated heterocycles. The summed E-state index contributed by atoms with van der Waals surface area (Å²) in [4.78, 5) is 18.4. The van der Waals surface area contributed by atoms with Crippen LogP contribution in [0.1, 0.15) is 30.7 Å². The highest BCUT2D eigenvalue weighted by atomic mass is 32.2. The van der Waals surface area contributed by atoms with Crippen molar-refractivity contribution in [1.29, 1.82) is 0 Å². The maximum absolute atomic E-state index is 11.3. The minimum Gasteiger partial charge on any atom is -0.457 e. The molecule has 0 N–H and O–H groups in total. The van der Waals surface area contributed by atoms with Crippen molar-refractivity contribution in [3.63, 3.8) is 0 Å². The molecule has 5 heteroatoms.